The smallest absolute Gasteiger partial charge is 0.209 e. The Kier molecular flexibility index (Phi) is 3.22. The Morgan fingerprint density at radius 3 is 2.44 bits per heavy atom. The van der Waals surface area contributed by atoms with Gasteiger partial charge in [-0.2, -0.15) is 0 Å². The maximum absolute atomic E-state index is 12.1. The fourth-order valence-electron chi connectivity index (χ4n) is 1.47. The molecular formula is C12H9NOS2. The largest absolute Gasteiger partial charge is 0.299 e. The highest BCUT2D eigenvalue weighted by molar-refractivity contribution is 8.11. The van der Waals surface area contributed by atoms with Crippen molar-refractivity contribution in [2.45, 2.75) is 0 Å². The summed E-state index contributed by atoms with van der Waals surface area (Å²) in [5, 5.41) is 0. The molecule has 0 amide bonds. The number of carbonyl (C=O) groups excluding carboxylic acids is 1. The summed E-state index contributed by atoms with van der Waals surface area (Å²) in [6.07, 6.45) is 1.73. The topological polar surface area (TPSA) is 22.0 Å². The molecular weight excluding hydrogens is 238 g/mol. The van der Waals surface area contributed by atoms with Gasteiger partial charge >= 0.3 is 0 Å². The van der Waals surface area contributed by atoms with Crippen molar-refractivity contribution in [3.05, 3.63) is 59.9 Å². The van der Waals surface area contributed by atoms with E-state index in [1.807, 2.05) is 18.2 Å². The predicted octanol–water partition coefficient (Wildman–Crippen LogP) is 2.78. The van der Waals surface area contributed by atoms with Gasteiger partial charge in [0.1, 0.15) is 4.32 Å². The van der Waals surface area contributed by atoms with Crippen LogP contribution in [0.2, 0.25) is 0 Å². The molecule has 2 nitrogen and oxygen atoms in total. The molecule has 0 N–H and O–H groups in total. The lowest BCUT2D eigenvalue weighted by Crippen LogP contribution is -2.11. The van der Waals surface area contributed by atoms with Crippen LogP contribution in [-0.4, -0.2) is 14.7 Å². The Bertz CT molecular complexity index is 531. The summed E-state index contributed by atoms with van der Waals surface area (Å²) < 4.78 is 1.96. The van der Waals surface area contributed by atoms with Crippen molar-refractivity contribution in [3.8, 4) is 0 Å². The van der Waals surface area contributed by atoms with E-state index in [-0.39, 0.29) is 5.78 Å². The van der Waals surface area contributed by atoms with Crippen LogP contribution < -0.4 is 0 Å². The number of thiocarbonyl (C=S) groups is 1. The van der Waals surface area contributed by atoms with Gasteiger partial charge in [0, 0.05) is 11.8 Å². The lowest BCUT2D eigenvalue weighted by molar-refractivity contribution is 0.103. The average molecular weight is 247 g/mol. The number of carbonyl (C=O) groups is 1. The Labute approximate surface area is 104 Å². The van der Waals surface area contributed by atoms with E-state index >= 15 is 0 Å². The van der Waals surface area contributed by atoms with Crippen molar-refractivity contribution in [1.82, 2.24) is 4.57 Å². The highest BCUT2D eigenvalue weighted by Crippen LogP contribution is 2.11. The van der Waals surface area contributed by atoms with Crippen molar-refractivity contribution >= 4 is 35.0 Å². The zero-order valence-electron chi connectivity index (χ0n) is 8.33. The molecule has 4 heteroatoms. The molecule has 0 aliphatic rings. The second-order valence-corrected chi connectivity index (χ2v) is 4.35. The molecule has 0 spiro atoms. The van der Waals surface area contributed by atoms with Crippen molar-refractivity contribution in [3.63, 3.8) is 0 Å². The molecule has 2 rings (SSSR count). The average Bonchev–Trinajstić information content (AvgIpc) is 2.78. The molecule has 0 aliphatic carbocycles. The number of hydrogen-bond acceptors (Lipinski definition) is 2. The molecule has 0 fully saturated rings. The minimum absolute atomic E-state index is 0.0537. The van der Waals surface area contributed by atoms with Crippen LogP contribution in [0, 0.1) is 0 Å². The fourth-order valence-corrected chi connectivity index (χ4v) is 1.80. The number of rotatable bonds is 2. The lowest BCUT2D eigenvalue weighted by Gasteiger charge is -2.05. The molecule has 2 aromatic rings. The third-order valence-corrected chi connectivity index (χ3v) is 2.64. The molecule has 0 atom stereocenters. The first-order valence-corrected chi connectivity index (χ1v) is 5.56. The van der Waals surface area contributed by atoms with Gasteiger partial charge in [-0.25, -0.2) is 0 Å². The molecule has 80 valence electrons. The number of hydrogen-bond donors (Lipinski definition) is 1. The monoisotopic (exact) mass is 247 g/mol. The SMILES string of the molecule is O=C(c1ccccc1)c1cccn1C(=S)S. The molecule has 1 heterocycles. The maximum atomic E-state index is 12.1. The predicted molar refractivity (Wildman–Crippen MR) is 71.3 cm³/mol. The maximum Gasteiger partial charge on any atom is 0.209 e. The molecule has 1 aromatic carbocycles. The van der Waals surface area contributed by atoms with Crippen molar-refractivity contribution in [2.75, 3.05) is 0 Å². The van der Waals surface area contributed by atoms with E-state index in [1.54, 1.807) is 35.0 Å². The van der Waals surface area contributed by atoms with E-state index in [4.69, 9.17) is 12.2 Å². The van der Waals surface area contributed by atoms with Gasteiger partial charge in [-0.05, 0) is 12.1 Å². The van der Waals surface area contributed by atoms with Gasteiger partial charge in [0.2, 0.25) is 5.78 Å². The summed E-state index contributed by atoms with van der Waals surface area (Å²) >= 11 is 9.02. The van der Waals surface area contributed by atoms with Crippen LogP contribution in [0.5, 0.6) is 0 Å². The Balaban J connectivity index is 2.42. The number of benzene rings is 1. The van der Waals surface area contributed by atoms with Crippen LogP contribution in [0.15, 0.2) is 48.7 Å². The van der Waals surface area contributed by atoms with Crippen LogP contribution in [0.3, 0.4) is 0 Å². The molecule has 1 aromatic heterocycles. The van der Waals surface area contributed by atoms with Crippen LogP contribution >= 0.6 is 24.8 Å². The third-order valence-electron chi connectivity index (χ3n) is 2.22. The van der Waals surface area contributed by atoms with Gasteiger partial charge in [0.05, 0.1) is 5.69 Å². The van der Waals surface area contributed by atoms with Gasteiger partial charge in [-0.1, -0.05) is 42.5 Å². The Morgan fingerprint density at radius 1 is 1.12 bits per heavy atom. The quantitative estimate of drug-likeness (QED) is 0.501. The van der Waals surface area contributed by atoms with Gasteiger partial charge in [-0.3, -0.25) is 9.36 Å². The van der Waals surface area contributed by atoms with Crippen LogP contribution in [-0.2, 0) is 0 Å². The van der Waals surface area contributed by atoms with Gasteiger partial charge in [-0.15, -0.1) is 12.6 Å². The van der Waals surface area contributed by atoms with Gasteiger partial charge in [0.25, 0.3) is 0 Å². The van der Waals surface area contributed by atoms with Gasteiger partial charge in [0.15, 0.2) is 0 Å². The summed E-state index contributed by atoms with van der Waals surface area (Å²) in [6, 6.07) is 12.6. The number of ketones is 1. The molecule has 0 radical (unpaired) electrons. The Morgan fingerprint density at radius 2 is 1.81 bits per heavy atom. The van der Waals surface area contributed by atoms with E-state index in [1.165, 1.54) is 0 Å². The zero-order valence-corrected chi connectivity index (χ0v) is 10.0. The molecule has 0 saturated carbocycles. The molecule has 16 heavy (non-hydrogen) atoms. The molecule has 0 bridgehead atoms. The van der Waals surface area contributed by atoms with E-state index in [2.05, 4.69) is 12.6 Å². The third kappa shape index (κ3) is 2.08. The zero-order chi connectivity index (χ0) is 11.5. The molecule has 0 unspecified atom stereocenters. The van der Waals surface area contributed by atoms with E-state index in [0.29, 0.717) is 15.6 Å². The first-order chi connectivity index (χ1) is 7.70. The minimum atomic E-state index is -0.0537. The lowest BCUT2D eigenvalue weighted by atomic mass is 10.1. The van der Waals surface area contributed by atoms with E-state index < -0.39 is 0 Å². The number of thiol groups is 1. The normalized spacial score (nSPS) is 10.1. The highest BCUT2D eigenvalue weighted by Gasteiger charge is 2.13. The second kappa shape index (κ2) is 4.63. The standard InChI is InChI=1S/C12H9NOS2/c14-11(9-5-2-1-3-6-9)10-7-4-8-13(10)12(15)16/h1-8H,(H,15,16). The summed E-state index contributed by atoms with van der Waals surface area (Å²) in [4.78, 5) is 12.1. The van der Waals surface area contributed by atoms with Crippen molar-refractivity contribution in [1.29, 1.82) is 0 Å². The highest BCUT2D eigenvalue weighted by atomic mass is 32.1. The van der Waals surface area contributed by atoms with Crippen LogP contribution in [0.1, 0.15) is 16.1 Å². The molecule has 0 saturated heterocycles. The summed E-state index contributed by atoms with van der Waals surface area (Å²) in [7, 11) is 0. The minimum Gasteiger partial charge on any atom is -0.299 e. The Hall–Kier alpha value is -1.39. The first kappa shape index (κ1) is 11.1. The van der Waals surface area contributed by atoms with E-state index in [9.17, 15) is 4.79 Å². The van der Waals surface area contributed by atoms with Gasteiger partial charge < -0.3 is 0 Å². The second-order valence-electron chi connectivity index (χ2n) is 3.24. The first-order valence-electron chi connectivity index (χ1n) is 4.70. The summed E-state index contributed by atoms with van der Waals surface area (Å²) in [5.41, 5.74) is 1.18. The van der Waals surface area contributed by atoms with Crippen molar-refractivity contribution in [2.24, 2.45) is 0 Å². The molecule has 0 aliphatic heterocycles. The number of aromatic nitrogens is 1. The van der Waals surface area contributed by atoms with Crippen molar-refractivity contribution < 1.29 is 4.79 Å². The van der Waals surface area contributed by atoms with Crippen LogP contribution in [0.25, 0.3) is 0 Å². The number of nitrogens with zero attached hydrogens (tertiary/aromatic N) is 1. The summed E-state index contributed by atoms with van der Waals surface area (Å²) in [5.74, 6) is -0.0537. The van der Waals surface area contributed by atoms with Crippen LogP contribution in [0.4, 0.5) is 0 Å². The van der Waals surface area contributed by atoms with E-state index in [0.717, 1.165) is 0 Å². The summed E-state index contributed by atoms with van der Waals surface area (Å²) in [6.45, 7) is 0. The fraction of sp³-hybridized carbons (Fsp3) is 0.